The summed E-state index contributed by atoms with van der Waals surface area (Å²) in [6, 6.07) is 5.51. The van der Waals surface area contributed by atoms with Crippen LogP contribution in [0.4, 0.5) is 0 Å². The van der Waals surface area contributed by atoms with Crippen LogP contribution in [0.1, 0.15) is 12.5 Å². The van der Waals surface area contributed by atoms with Gasteiger partial charge in [0, 0.05) is 10.0 Å². The molecule has 0 aliphatic rings. The highest BCUT2D eigenvalue weighted by atomic mass is 35.5. The van der Waals surface area contributed by atoms with E-state index in [4.69, 9.17) is 23.2 Å². The molecule has 0 saturated heterocycles. The third kappa shape index (κ3) is 1.65. The lowest BCUT2D eigenvalue weighted by Crippen LogP contribution is -1.80. The van der Waals surface area contributed by atoms with E-state index in [-0.39, 0.29) is 0 Å². The van der Waals surface area contributed by atoms with E-state index in [2.05, 4.69) is 6.92 Å². The van der Waals surface area contributed by atoms with Crippen molar-refractivity contribution in [2.24, 2.45) is 0 Å². The average molecular weight is 175 g/mol. The standard InChI is InChI=1S/C8H8Cl2/c1-2-6-5-7(9)3-4-8(6)10/h3-5H,2H2,1H3. The lowest BCUT2D eigenvalue weighted by Gasteiger charge is -1.99. The Kier molecular flexibility index (Phi) is 2.58. The zero-order chi connectivity index (χ0) is 7.56. The zero-order valence-corrected chi connectivity index (χ0v) is 7.21. The van der Waals surface area contributed by atoms with Crippen LogP contribution in [0.2, 0.25) is 10.0 Å². The van der Waals surface area contributed by atoms with Crippen LogP contribution in [0.3, 0.4) is 0 Å². The van der Waals surface area contributed by atoms with Crippen molar-refractivity contribution in [1.82, 2.24) is 0 Å². The number of aryl methyl sites for hydroxylation is 1. The van der Waals surface area contributed by atoms with Gasteiger partial charge >= 0.3 is 0 Å². The van der Waals surface area contributed by atoms with Gasteiger partial charge in [-0.15, -0.1) is 0 Å². The smallest absolute Gasteiger partial charge is 0.0438 e. The molecular formula is C8H8Cl2. The van der Waals surface area contributed by atoms with Gasteiger partial charge in [0.2, 0.25) is 0 Å². The molecule has 54 valence electrons. The minimum absolute atomic E-state index is 0.751. The first-order valence-electron chi connectivity index (χ1n) is 3.18. The van der Waals surface area contributed by atoms with Crippen LogP contribution in [0, 0.1) is 0 Å². The summed E-state index contributed by atoms with van der Waals surface area (Å²) in [6.45, 7) is 2.05. The molecule has 0 aliphatic heterocycles. The Bertz CT molecular complexity index is 231. The van der Waals surface area contributed by atoms with Crippen LogP contribution in [0.15, 0.2) is 18.2 Å². The fourth-order valence-electron chi connectivity index (χ4n) is 0.814. The SMILES string of the molecule is CCc1cc(Cl)ccc1Cl. The molecule has 0 amide bonds. The Labute approximate surface area is 70.8 Å². The Morgan fingerprint density at radius 2 is 2.00 bits per heavy atom. The summed E-state index contributed by atoms with van der Waals surface area (Å²) in [5, 5.41) is 1.55. The van der Waals surface area contributed by atoms with Crippen molar-refractivity contribution in [1.29, 1.82) is 0 Å². The first-order valence-corrected chi connectivity index (χ1v) is 3.93. The zero-order valence-electron chi connectivity index (χ0n) is 5.70. The van der Waals surface area contributed by atoms with Crippen LogP contribution in [0.5, 0.6) is 0 Å². The molecule has 0 bridgehead atoms. The van der Waals surface area contributed by atoms with E-state index >= 15 is 0 Å². The van der Waals surface area contributed by atoms with Crippen LogP contribution in [0.25, 0.3) is 0 Å². The number of rotatable bonds is 1. The summed E-state index contributed by atoms with van der Waals surface area (Å²) in [4.78, 5) is 0. The lowest BCUT2D eigenvalue weighted by molar-refractivity contribution is 1.14. The molecule has 0 heterocycles. The van der Waals surface area contributed by atoms with Crippen molar-refractivity contribution in [3.05, 3.63) is 33.8 Å². The van der Waals surface area contributed by atoms with Gasteiger partial charge in [0.1, 0.15) is 0 Å². The molecule has 2 heteroatoms. The van der Waals surface area contributed by atoms with Crippen molar-refractivity contribution < 1.29 is 0 Å². The highest BCUT2D eigenvalue weighted by Gasteiger charge is 1.96. The molecule has 0 radical (unpaired) electrons. The molecule has 1 aromatic rings. The van der Waals surface area contributed by atoms with Crippen LogP contribution < -0.4 is 0 Å². The van der Waals surface area contributed by atoms with E-state index in [1.165, 1.54) is 0 Å². The van der Waals surface area contributed by atoms with Crippen LogP contribution in [-0.4, -0.2) is 0 Å². The maximum absolute atomic E-state index is 5.84. The molecule has 0 aromatic heterocycles. The van der Waals surface area contributed by atoms with Crippen molar-refractivity contribution in [3.63, 3.8) is 0 Å². The van der Waals surface area contributed by atoms with E-state index < -0.39 is 0 Å². The maximum Gasteiger partial charge on any atom is 0.0438 e. The second-order valence-electron chi connectivity index (χ2n) is 2.09. The third-order valence-corrected chi connectivity index (χ3v) is 1.99. The predicted octanol–water partition coefficient (Wildman–Crippen LogP) is 3.56. The minimum atomic E-state index is 0.751. The largest absolute Gasteiger partial charge is 0.0843 e. The molecule has 1 aromatic carbocycles. The summed E-state index contributed by atoms with van der Waals surface area (Å²) in [5.41, 5.74) is 1.11. The molecule has 0 fully saturated rings. The summed E-state index contributed by atoms with van der Waals surface area (Å²) in [6.07, 6.45) is 0.930. The Morgan fingerprint density at radius 1 is 1.30 bits per heavy atom. The molecule has 0 unspecified atom stereocenters. The lowest BCUT2D eigenvalue weighted by atomic mass is 10.2. The van der Waals surface area contributed by atoms with Gasteiger partial charge in [0.25, 0.3) is 0 Å². The molecule has 10 heavy (non-hydrogen) atoms. The van der Waals surface area contributed by atoms with Gasteiger partial charge < -0.3 is 0 Å². The van der Waals surface area contributed by atoms with E-state index in [0.717, 1.165) is 22.0 Å². The van der Waals surface area contributed by atoms with Crippen LogP contribution in [-0.2, 0) is 6.42 Å². The van der Waals surface area contributed by atoms with E-state index in [1.54, 1.807) is 6.07 Å². The Hall–Kier alpha value is -0.200. The molecular weight excluding hydrogens is 167 g/mol. The van der Waals surface area contributed by atoms with Crippen LogP contribution >= 0.6 is 23.2 Å². The van der Waals surface area contributed by atoms with Gasteiger partial charge in [0.05, 0.1) is 0 Å². The second-order valence-corrected chi connectivity index (χ2v) is 2.93. The van der Waals surface area contributed by atoms with Crippen molar-refractivity contribution in [2.75, 3.05) is 0 Å². The van der Waals surface area contributed by atoms with E-state index in [1.807, 2.05) is 12.1 Å². The van der Waals surface area contributed by atoms with Gasteiger partial charge in [-0.25, -0.2) is 0 Å². The van der Waals surface area contributed by atoms with Gasteiger partial charge in [-0.1, -0.05) is 30.1 Å². The highest BCUT2D eigenvalue weighted by Crippen LogP contribution is 2.20. The number of hydrogen-bond acceptors (Lipinski definition) is 0. The van der Waals surface area contributed by atoms with Gasteiger partial charge in [-0.05, 0) is 30.2 Å². The first-order chi connectivity index (χ1) is 4.74. The van der Waals surface area contributed by atoms with Crippen molar-refractivity contribution in [3.8, 4) is 0 Å². The van der Waals surface area contributed by atoms with Gasteiger partial charge in [-0.3, -0.25) is 0 Å². The number of benzene rings is 1. The highest BCUT2D eigenvalue weighted by molar-refractivity contribution is 6.33. The molecule has 0 N–H and O–H groups in total. The second kappa shape index (κ2) is 3.27. The quantitative estimate of drug-likeness (QED) is 0.612. The molecule has 1 rings (SSSR count). The molecule has 0 nitrogen and oxygen atoms in total. The fraction of sp³-hybridized carbons (Fsp3) is 0.250. The number of hydrogen-bond donors (Lipinski definition) is 0. The molecule has 0 atom stereocenters. The van der Waals surface area contributed by atoms with Gasteiger partial charge in [-0.2, -0.15) is 0 Å². The summed E-state index contributed by atoms with van der Waals surface area (Å²) in [7, 11) is 0. The summed E-state index contributed by atoms with van der Waals surface area (Å²) < 4.78 is 0. The normalized spacial score (nSPS) is 9.90. The topological polar surface area (TPSA) is 0 Å². The van der Waals surface area contributed by atoms with E-state index in [0.29, 0.717) is 0 Å². The Morgan fingerprint density at radius 3 is 2.50 bits per heavy atom. The van der Waals surface area contributed by atoms with Gasteiger partial charge in [0.15, 0.2) is 0 Å². The molecule has 0 spiro atoms. The molecule has 0 saturated carbocycles. The average Bonchev–Trinajstić information content (AvgIpc) is 1.94. The summed E-state index contributed by atoms with van der Waals surface area (Å²) >= 11 is 11.6. The maximum atomic E-state index is 5.84. The third-order valence-electron chi connectivity index (χ3n) is 1.39. The molecule has 0 aliphatic carbocycles. The van der Waals surface area contributed by atoms with Crippen molar-refractivity contribution >= 4 is 23.2 Å². The Balaban J connectivity index is 3.09. The first kappa shape index (κ1) is 7.90. The monoisotopic (exact) mass is 174 g/mol. The van der Waals surface area contributed by atoms with E-state index in [9.17, 15) is 0 Å². The van der Waals surface area contributed by atoms with Crippen molar-refractivity contribution in [2.45, 2.75) is 13.3 Å². The summed E-state index contributed by atoms with van der Waals surface area (Å²) in [5.74, 6) is 0. The fourth-order valence-corrected chi connectivity index (χ4v) is 1.26. The predicted molar refractivity (Wildman–Crippen MR) is 45.8 cm³/mol. The number of halogens is 2. The minimum Gasteiger partial charge on any atom is -0.0843 e.